The van der Waals surface area contributed by atoms with Gasteiger partial charge in [-0.25, -0.2) is 13.4 Å². The first-order valence-electron chi connectivity index (χ1n) is 7.46. The summed E-state index contributed by atoms with van der Waals surface area (Å²) in [7, 11) is -3.37. The summed E-state index contributed by atoms with van der Waals surface area (Å²) in [6.07, 6.45) is 2.85. The predicted octanol–water partition coefficient (Wildman–Crippen LogP) is 3.77. The van der Waals surface area contributed by atoms with Crippen molar-refractivity contribution in [3.05, 3.63) is 65.2 Å². The standard InChI is InChI=1S/C18H16N2O3S2/c1-12-6-7-15(25(2,22)23)11-16(12)17(21)20-14-5-3-4-13(10-14)18-19-8-9-24-18/h3-11H,1-2H3,(H,20,21). The second-order valence-electron chi connectivity index (χ2n) is 5.62. The highest BCUT2D eigenvalue weighted by Gasteiger charge is 2.15. The molecule has 0 unspecified atom stereocenters. The van der Waals surface area contributed by atoms with Gasteiger partial charge in [0.15, 0.2) is 9.84 Å². The number of nitrogens with one attached hydrogen (secondary N) is 1. The number of hydrogen-bond acceptors (Lipinski definition) is 5. The molecule has 0 aliphatic heterocycles. The van der Waals surface area contributed by atoms with E-state index in [-0.39, 0.29) is 10.8 Å². The number of benzene rings is 2. The smallest absolute Gasteiger partial charge is 0.255 e. The Hall–Kier alpha value is -2.51. The van der Waals surface area contributed by atoms with E-state index < -0.39 is 9.84 Å². The van der Waals surface area contributed by atoms with E-state index in [4.69, 9.17) is 0 Å². The Balaban J connectivity index is 1.89. The number of carbonyl (C=O) groups is 1. The lowest BCUT2D eigenvalue weighted by atomic mass is 10.1. The van der Waals surface area contributed by atoms with E-state index in [0.29, 0.717) is 16.8 Å². The van der Waals surface area contributed by atoms with E-state index in [2.05, 4.69) is 10.3 Å². The first-order chi connectivity index (χ1) is 11.8. The third-order valence-corrected chi connectivity index (χ3v) is 5.61. The Morgan fingerprint density at radius 1 is 1.16 bits per heavy atom. The van der Waals surface area contributed by atoms with E-state index in [0.717, 1.165) is 16.8 Å². The van der Waals surface area contributed by atoms with Crippen molar-refractivity contribution in [2.75, 3.05) is 11.6 Å². The number of hydrogen-bond donors (Lipinski definition) is 1. The third-order valence-electron chi connectivity index (χ3n) is 3.68. The topological polar surface area (TPSA) is 76.1 Å². The van der Waals surface area contributed by atoms with Crippen LogP contribution in [-0.2, 0) is 9.84 Å². The molecule has 1 aromatic heterocycles. The third kappa shape index (κ3) is 3.94. The molecule has 0 atom stereocenters. The second kappa shape index (κ2) is 6.78. The van der Waals surface area contributed by atoms with Gasteiger partial charge < -0.3 is 5.32 Å². The maximum absolute atomic E-state index is 12.6. The number of nitrogens with zero attached hydrogens (tertiary/aromatic N) is 1. The molecule has 0 radical (unpaired) electrons. The molecule has 0 fully saturated rings. The first kappa shape index (κ1) is 17.3. The summed E-state index contributed by atoms with van der Waals surface area (Å²) in [5.41, 5.74) is 2.58. The molecule has 128 valence electrons. The van der Waals surface area contributed by atoms with Crippen molar-refractivity contribution in [3.8, 4) is 10.6 Å². The van der Waals surface area contributed by atoms with Gasteiger partial charge in [-0.15, -0.1) is 11.3 Å². The van der Waals surface area contributed by atoms with Crippen LogP contribution in [0.5, 0.6) is 0 Å². The first-order valence-corrected chi connectivity index (χ1v) is 10.2. The fourth-order valence-corrected chi connectivity index (χ4v) is 3.65. The molecule has 2 aromatic carbocycles. The normalized spacial score (nSPS) is 11.3. The zero-order valence-corrected chi connectivity index (χ0v) is 15.3. The van der Waals surface area contributed by atoms with Crippen LogP contribution in [0.3, 0.4) is 0 Å². The van der Waals surface area contributed by atoms with Gasteiger partial charge in [-0.3, -0.25) is 4.79 Å². The molecule has 0 saturated heterocycles. The highest BCUT2D eigenvalue weighted by molar-refractivity contribution is 7.90. The summed E-state index contributed by atoms with van der Waals surface area (Å²) in [5.74, 6) is -0.348. The molecule has 3 aromatic rings. The highest BCUT2D eigenvalue weighted by Crippen LogP contribution is 2.25. The van der Waals surface area contributed by atoms with Gasteiger partial charge >= 0.3 is 0 Å². The van der Waals surface area contributed by atoms with Crippen molar-refractivity contribution in [3.63, 3.8) is 0 Å². The van der Waals surface area contributed by atoms with Crippen molar-refractivity contribution in [1.29, 1.82) is 0 Å². The van der Waals surface area contributed by atoms with Gasteiger partial charge in [-0.05, 0) is 36.8 Å². The Morgan fingerprint density at radius 2 is 1.96 bits per heavy atom. The van der Waals surface area contributed by atoms with Gasteiger partial charge in [0.25, 0.3) is 5.91 Å². The van der Waals surface area contributed by atoms with Gasteiger partial charge in [0, 0.05) is 34.6 Å². The van der Waals surface area contributed by atoms with Crippen molar-refractivity contribution in [2.24, 2.45) is 0 Å². The zero-order chi connectivity index (χ0) is 18.0. The van der Waals surface area contributed by atoms with Crippen LogP contribution in [0.15, 0.2) is 58.9 Å². The predicted molar refractivity (Wildman–Crippen MR) is 99.8 cm³/mol. The van der Waals surface area contributed by atoms with E-state index in [1.165, 1.54) is 23.5 Å². The lowest BCUT2D eigenvalue weighted by molar-refractivity contribution is 0.102. The van der Waals surface area contributed by atoms with Crippen LogP contribution in [0.25, 0.3) is 10.6 Å². The fourth-order valence-electron chi connectivity index (χ4n) is 2.37. The van der Waals surface area contributed by atoms with Crippen LogP contribution in [0.2, 0.25) is 0 Å². The van der Waals surface area contributed by atoms with Crippen LogP contribution in [-0.4, -0.2) is 25.6 Å². The minimum Gasteiger partial charge on any atom is -0.322 e. The maximum Gasteiger partial charge on any atom is 0.255 e. The lowest BCUT2D eigenvalue weighted by Gasteiger charge is -2.10. The summed E-state index contributed by atoms with van der Waals surface area (Å²) in [6.45, 7) is 1.77. The van der Waals surface area contributed by atoms with Crippen molar-refractivity contribution in [1.82, 2.24) is 4.98 Å². The number of sulfone groups is 1. The van der Waals surface area contributed by atoms with Crippen LogP contribution >= 0.6 is 11.3 Å². The molecule has 0 aliphatic rings. The maximum atomic E-state index is 12.6. The van der Waals surface area contributed by atoms with Crippen molar-refractivity contribution >= 4 is 32.8 Å². The zero-order valence-electron chi connectivity index (χ0n) is 13.7. The molecular weight excluding hydrogens is 356 g/mol. The Bertz CT molecular complexity index is 1030. The molecule has 3 rings (SSSR count). The molecule has 1 N–H and O–H groups in total. The molecule has 5 nitrogen and oxygen atoms in total. The average molecular weight is 372 g/mol. The van der Waals surface area contributed by atoms with Crippen molar-refractivity contribution < 1.29 is 13.2 Å². The lowest BCUT2D eigenvalue weighted by Crippen LogP contribution is -2.14. The Kier molecular flexibility index (Phi) is 4.69. The molecular formula is C18H16N2O3S2. The minimum atomic E-state index is -3.37. The van der Waals surface area contributed by atoms with Gasteiger partial charge in [-0.1, -0.05) is 18.2 Å². The van der Waals surface area contributed by atoms with E-state index >= 15 is 0 Å². The highest BCUT2D eigenvalue weighted by atomic mass is 32.2. The number of aromatic nitrogens is 1. The quantitative estimate of drug-likeness (QED) is 0.756. The number of carbonyl (C=O) groups excluding carboxylic acids is 1. The fraction of sp³-hybridized carbons (Fsp3) is 0.111. The number of aryl methyl sites for hydroxylation is 1. The largest absolute Gasteiger partial charge is 0.322 e. The van der Waals surface area contributed by atoms with Gasteiger partial charge in [0.2, 0.25) is 0 Å². The number of anilines is 1. The van der Waals surface area contributed by atoms with Crippen LogP contribution in [0.1, 0.15) is 15.9 Å². The average Bonchev–Trinajstić information content (AvgIpc) is 3.09. The van der Waals surface area contributed by atoms with Gasteiger partial charge in [0.1, 0.15) is 5.01 Å². The summed E-state index contributed by atoms with van der Waals surface area (Å²) in [4.78, 5) is 17.0. The molecule has 25 heavy (non-hydrogen) atoms. The molecule has 1 heterocycles. The summed E-state index contributed by atoms with van der Waals surface area (Å²) in [6, 6.07) is 11.9. The molecule has 0 saturated carbocycles. The van der Waals surface area contributed by atoms with Crippen molar-refractivity contribution in [2.45, 2.75) is 11.8 Å². The molecule has 0 aliphatic carbocycles. The van der Waals surface area contributed by atoms with Crippen LogP contribution < -0.4 is 5.32 Å². The molecule has 0 spiro atoms. The summed E-state index contributed by atoms with van der Waals surface area (Å²) in [5, 5.41) is 5.58. The SMILES string of the molecule is Cc1ccc(S(C)(=O)=O)cc1C(=O)Nc1cccc(-c2nccs2)c1. The molecule has 7 heteroatoms. The molecule has 0 bridgehead atoms. The number of amides is 1. The number of rotatable bonds is 4. The van der Waals surface area contributed by atoms with E-state index in [1.54, 1.807) is 25.3 Å². The van der Waals surface area contributed by atoms with Gasteiger partial charge in [-0.2, -0.15) is 0 Å². The van der Waals surface area contributed by atoms with Gasteiger partial charge in [0.05, 0.1) is 4.90 Å². The summed E-state index contributed by atoms with van der Waals surface area (Å²) < 4.78 is 23.4. The Morgan fingerprint density at radius 3 is 2.64 bits per heavy atom. The second-order valence-corrected chi connectivity index (χ2v) is 8.53. The minimum absolute atomic E-state index is 0.125. The van der Waals surface area contributed by atoms with E-state index in [1.807, 2.05) is 23.6 Å². The summed E-state index contributed by atoms with van der Waals surface area (Å²) >= 11 is 1.52. The Labute approximate surface area is 150 Å². The molecule has 1 amide bonds. The van der Waals surface area contributed by atoms with E-state index in [9.17, 15) is 13.2 Å². The van der Waals surface area contributed by atoms with Crippen LogP contribution in [0.4, 0.5) is 5.69 Å². The number of thiazole rings is 1. The van der Waals surface area contributed by atoms with Crippen LogP contribution in [0, 0.1) is 6.92 Å². The monoisotopic (exact) mass is 372 g/mol.